The lowest BCUT2D eigenvalue weighted by Crippen LogP contribution is -2.36. The second kappa shape index (κ2) is 6.48. The molecule has 1 aromatic rings. The van der Waals surface area contributed by atoms with Crippen LogP contribution in [0.5, 0.6) is 5.75 Å². The smallest absolute Gasteiger partial charge is 0.123 e. The SMILES string of the molecule is CC(CCS(C)=O)NCC1Cc2cc(F)ccc2O1. The molecule has 0 bridgehead atoms. The third kappa shape index (κ3) is 4.28. The molecular weight excluding hydrogens is 265 g/mol. The van der Waals surface area contributed by atoms with Gasteiger partial charge in [0.25, 0.3) is 0 Å². The molecule has 0 spiro atoms. The molecule has 106 valence electrons. The Balaban J connectivity index is 1.76. The van der Waals surface area contributed by atoms with Gasteiger partial charge in [-0.3, -0.25) is 4.21 Å². The van der Waals surface area contributed by atoms with E-state index in [4.69, 9.17) is 4.74 Å². The Morgan fingerprint density at radius 1 is 1.58 bits per heavy atom. The Hall–Kier alpha value is -0.940. The van der Waals surface area contributed by atoms with Crippen LogP contribution in [0, 0.1) is 5.82 Å². The van der Waals surface area contributed by atoms with Gasteiger partial charge in [0.15, 0.2) is 0 Å². The number of hydrogen-bond acceptors (Lipinski definition) is 3. The van der Waals surface area contributed by atoms with Crippen molar-refractivity contribution >= 4 is 10.8 Å². The van der Waals surface area contributed by atoms with Crippen molar-refractivity contribution in [2.45, 2.75) is 31.9 Å². The Bertz CT molecular complexity index is 467. The van der Waals surface area contributed by atoms with Crippen LogP contribution in [0.2, 0.25) is 0 Å². The molecule has 0 radical (unpaired) electrons. The summed E-state index contributed by atoms with van der Waals surface area (Å²) >= 11 is 0. The minimum atomic E-state index is -0.740. The van der Waals surface area contributed by atoms with Gasteiger partial charge in [-0.1, -0.05) is 0 Å². The van der Waals surface area contributed by atoms with Crippen molar-refractivity contribution in [1.82, 2.24) is 5.32 Å². The van der Waals surface area contributed by atoms with Crippen molar-refractivity contribution in [2.24, 2.45) is 0 Å². The summed E-state index contributed by atoms with van der Waals surface area (Å²) in [5, 5.41) is 3.38. The van der Waals surface area contributed by atoms with Crippen LogP contribution in [0.1, 0.15) is 18.9 Å². The molecule has 1 aliphatic heterocycles. The summed E-state index contributed by atoms with van der Waals surface area (Å²) < 4.78 is 29.8. The van der Waals surface area contributed by atoms with Gasteiger partial charge in [-0.05, 0) is 31.5 Å². The lowest BCUT2D eigenvalue weighted by atomic mass is 10.1. The molecule has 3 atom stereocenters. The highest BCUT2D eigenvalue weighted by Gasteiger charge is 2.23. The highest BCUT2D eigenvalue weighted by Crippen LogP contribution is 2.28. The number of rotatable bonds is 6. The fourth-order valence-corrected chi connectivity index (χ4v) is 2.87. The van der Waals surface area contributed by atoms with Crippen molar-refractivity contribution in [3.8, 4) is 5.75 Å². The molecule has 5 heteroatoms. The lowest BCUT2D eigenvalue weighted by Gasteiger charge is -2.16. The van der Waals surface area contributed by atoms with Gasteiger partial charge in [0.1, 0.15) is 17.7 Å². The molecule has 1 aliphatic rings. The third-order valence-electron chi connectivity index (χ3n) is 3.30. The zero-order valence-electron chi connectivity index (χ0n) is 11.3. The summed E-state index contributed by atoms with van der Waals surface area (Å²) in [6.45, 7) is 2.81. The summed E-state index contributed by atoms with van der Waals surface area (Å²) in [5.74, 6) is 1.29. The van der Waals surface area contributed by atoms with E-state index in [0.717, 1.165) is 30.7 Å². The molecule has 3 nitrogen and oxygen atoms in total. The van der Waals surface area contributed by atoms with Crippen molar-refractivity contribution in [3.63, 3.8) is 0 Å². The first-order chi connectivity index (χ1) is 9.04. The normalized spacial score (nSPS) is 20.7. The summed E-state index contributed by atoms with van der Waals surface area (Å²) in [6, 6.07) is 4.97. The molecule has 2 rings (SSSR count). The molecule has 1 aromatic carbocycles. The first kappa shape index (κ1) is 14.5. The highest BCUT2D eigenvalue weighted by molar-refractivity contribution is 7.84. The standard InChI is InChI=1S/C14H20FNO2S/c1-10(5-6-19(2)17)16-9-13-8-11-7-12(15)3-4-14(11)18-13/h3-4,7,10,13,16H,5-6,8-9H2,1-2H3. The Kier molecular flexibility index (Phi) is 4.93. The molecule has 0 aromatic heterocycles. The Morgan fingerprint density at radius 3 is 3.11 bits per heavy atom. The molecule has 0 aliphatic carbocycles. The van der Waals surface area contributed by atoms with Crippen molar-refractivity contribution in [2.75, 3.05) is 18.6 Å². The van der Waals surface area contributed by atoms with Crippen LogP contribution < -0.4 is 10.1 Å². The predicted octanol–water partition coefficient (Wildman–Crippen LogP) is 1.88. The molecular formula is C14H20FNO2S. The largest absolute Gasteiger partial charge is 0.488 e. The molecule has 0 saturated carbocycles. The minimum absolute atomic E-state index is 0.0615. The van der Waals surface area contributed by atoms with Gasteiger partial charge < -0.3 is 10.1 Å². The van der Waals surface area contributed by atoms with Gasteiger partial charge >= 0.3 is 0 Å². The number of fused-ring (bicyclic) bond motifs is 1. The number of nitrogens with one attached hydrogen (secondary N) is 1. The zero-order chi connectivity index (χ0) is 13.8. The second-order valence-corrected chi connectivity index (χ2v) is 6.63. The van der Waals surface area contributed by atoms with E-state index < -0.39 is 10.8 Å². The average Bonchev–Trinajstić information content (AvgIpc) is 2.75. The van der Waals surface area contributed by atoms with E-state index in [1.807, 2.05) is 0 Å². The fraction of sp³-hybridized carbons (Fsp3) is 0.571. The average molecular weight is 285 g/mol. The van der Waals surface area contributed by atoms with Crippen molar-refractivity contribution in [1.29, 1.82) is 0 Å². The Labute approximate surface area is 116 Å². The van der Waals surface area contributed by atoms with Crippen LogP contribution in [0.25, 0.3) is 0 Å². The van der Waals surface area contributed by atoms with Gasteiger partial charge in [-0.25, -0.2) is 4.39 Å². The van der Waals surface area contributed by atoms with E-state index in [1.165, 1.54) is 6.07 Å². The Morgan fingerprint density at radius 2 is 2.37 bits per heavy atom. The molecule has 19 heavy (non-hydrogen) atoms. The molecule has 3 unspecified atom stereocenters. The van der Waals surface area contributed by atoms with E-state index in [2.05, 4.69) is 12.2 Å². The fourth-order valence-electron chi connectivity index (χ4n) is 2.18. The maximum absolute atomic E-state index is 13.1. The first-order valence-electron chi connectivity index (χ1n) is 6.53. The van der Waals surface area contributed by atoms with Gasteiger partial charge in [-0.15, -0.1) is 0 Å². The van der Waals surface area contributed by atoms with Crippen LogP contribution in [0.15, 0.2) is 18.2 Å². The maximum atomic E-state index is 13.1. The highest BCUT2D eigenvalue weighted by atomic mass is 32.2. The van der Waals surface area contributed by atoms with Gasteiger partial charge in [0.05, 0.1) is 0 Å². The topological polar surface area (TPSA) is 38.3 Å². The van der Waals surface area contributed by atoms with E-state index in [1.54, 1.807) is 18.4 Å². The van der Waals surface area contributed by atoms with Gasteiger partial charge in [-0.2, -0.15) is 0 Å². The summed E-state index contributed by atoms with van der Waals surface area (Å²) in [4.78, 5) is 0. The zero-order valence-corrected chi connectivity index (χ0v) is 12.1. The third-order valence-corrected chi connectivity index (χ3v) is 4.11. The van der Waals surface area contributed by atoms with Crippen LogP contribution in [0.3, 0.4) is 0 Å². The number of ether oxygens (including phenoxy) is 1. The second-order valence-electron chi connectivity index (χ2n) is 5.07. The summed E-state index contributed by atoms with van der Waals surface area (Å²) in [7, 11) is -0.740. The maximum Gasteiger partial charge on any atom is 0.123 e. The molecule has 0 fully saturated rings. The lowest BCUT2D eigenvalue weighted by molar-refractivity contribution is 0.222. The monoisotopic (exact) mass is 285 g/mol. The van der Waals surface area contributed by atoms with Crippen molar-refractivity contribution in [3.05, 3.63) is 29.6 Å². The first-order valence-corrected chi connectivity index (χ1v) is 8.26. The molecule has 0 amide bonds. The van der Waals surface area contributed by atoms with Crippen LogP contribution in [0.4, 0.5) is 4.39 Å². The van der Waals surface area contributed by atoms with E-state index >= 15 is 0 Å². The number of halogens is 1. The van der Waals surface area contributed by atoms with Gasteiger partial charge in [0, 0.05) is 47.4 Å². The molecule has 0 saturated heterocycles. The number of hydrogen-bond donors (Lipinski definition) is 1. The van der Waals surface area contributed by atoms with Crippen molar-refractivity contribution < 1.29 is 13.3 Å². The van der Waals surface area contributed by atoms with Gasteiger partial charge in [0.2, 0.25) is 0 Å². The van der Waals surface area contributed by atoms with E-state index in [0.29, 0.717) is 11.8 Å². The van der Waals surface area contributed by atoms with E-state index in [-0.39, 0.29) is 11.9 Å². The van der Waals surface area contributed by atoms with Crippen LogP contribution >= 0.6 is 0 Å². The summed E-state index contributed by atoms with van der Waals surface area (Å²) in [6.07, 6.45) is 3.41. The predicted molar refractivity (Wildman–Crippen MR) is 75.5 cm³/mol. The van der Waals surface area contributed by atoms with Crippen LogP contribution in [-0.4, -0.2) is 34.9 Å². The number of benzene rings is 1. The quantitative estimate of drug-likeness (QED) is 0.867. The minimum Gasteiger partial charge on any atom is -0.488 e. The summed E-state index contributed by atoms with van der Waals surface area (Å²) in [5.41, 5.74) is 0.939. The van der Waals surface area contributed by atoms with Crippen LogP contribution in [-0.2, 0) is 17.2 Å². The van der Waals surface area contributed by atoms with E-state index in [9.17, 15) is 8.60 Å². The molecule has 1 N–H and O–H groups in total. The molecule has 1 heterocycles.